The first-order chi connectivity index (χ1) is 20.1. The van der Waals surface area contributed by atoms with Crippen LogP contribution in [-0.4, -0.2) is 48.1 Å². The molecular formula is C36H73NO4. The Kier molecular flexibility index (Phi) is 31.8. The molecule has 0 aliphatic rings. The van der Waals surface area contributed by atoms with Crippen molar-refractivity contribution in [2.75, 3.05) is 26.4 Å². The highest BCUT2D eigenvalue weighted by Crippen LogP contribution is 2.15. The van der Waals surface area contributed by atoms with E-state index in [1.807, 2.05) is 0 Å². The van der Waals surface area contributed by atoms with Crippen LogP contribution in [-0.2, 0) is 9.53 Å². The number of rotatable bonds is 34. The second kappa shape index (κ2) is 32.3. The molecule has 41 heavy (non-hydrogen) atoms. The van der Waals surface area contributed by atoms with Gasteiger partial charge in [-0.1, -0.05) is 174 Å². The van der Waals surface area contributed by atoms with Crippen LogP contribution >= 0.6 is 0 Å². The molecular weight excluding hydrogens is 510 g/mol. The lowest BCUT2D eigenvalue weighted by Crippen LogP contribution is -2.57. The van der Waals surface area contributed by atoms with Gasteiger partial charge in [0.1, 0.15) is 5.54 Å². The summed E-state index contributed by atoms with van der Waals surface area (Å²) in [6.45, 7) is 4.67. The Morgan fingerprint density at radius 1 is 0.512 bits per heavy atom. The Balaban J connectivity index is 3.65. The molecule has 246 valence electrons. The molecule has 0 fully saturated rings. The summed E-state index contributed by atoms with van der Waals surface area (Å²) in [5.41, 5.74) is -1.08. The van der Waals surface area contributed by atoms with Crippen LogP contribution in [0.2, 0.25) is 0 Å². The molecule has 1 amide bonds. The van der Waals surface area contributed by atoms with E-state index in [1.54, 1.807) is 0 Å². The van der Waals surface area contributed by atoms with Crippen molar-refractivity contribution in [1.29, 1.82) is 0 Å². The fraction of sp³-hybridized carbons (Fsp3) is 0.972. The van der Waals surface area contributed by atoms with Gasteiger partial charge >= 0.3 is 0 Å². The van der Waals surface area contributed by atoms with Gasteiger partial charge in [0.2, 0.25) is 5.91 Å². The lowest BCUT2D eigenvalue weighted by atomic mass is 10.0. The monoisotopic (exact) mass is 584 g/mol. The Hall–Kier alpha value is -0.650. The number of ether oxygens (including phenoxy) is 1. The number of nitrogens with one attached hydrogen (secondary N) is 1. The van der Waals surface area contributed by atoms with E-state index in [4.69, 9.17) is 4.74 Å². The normalized spacial score (nSPS) is 11.8. The van der Waals surface area contributed by atoms with E-state index in [-0.39, 0.29) is 25.7 Å². The molecule has 3 N–H and O–H groups in total. The maximum absolute atomic E-state index is 12.5. The van der Waals surface area contributed by atoms with Crippen LogP contribution < -0.4 is 5.32 Å². The second-order valence-electron chi connectivity index (χ2n) is 12.8. The van der Waals surface area contributed by atoms with E-state index < -0.39 is 5.54 Å². The third kappa shape index (κ3) is 27.9. The van der Waals surface area contributed by atoms with Crippen molar-refractivity contribution in [3.63, 3.8) is 0 Å². The van der Waals surface area contributed by atoms with Crippen molar-refractivity contribution in [3.05, 3.63) is 0 Å². The van der Waals surface area contributed by atoms with Crippen molar-refractivity contribution in [3.8, 4) is 0 Å². The molecule has 0 spiro atoms. The van der Waals surface area contributed by atoms with Crippen molar-refractivity contribution >= 4 is 5.91 Å². The van der Waals surface area contributed by atoms with E-state index in [2.05, 4.69) is 19.2 Å². The first-order valence-corrected chi connectivity index (χ1v) is 18.2. The third-order valence-electron chi connectivity index (χ3n) is 8.54. The second-order valence-corrected chi connectivity index (χ2v) is 12.8. The Morgan fingerprint density at radius 2 is 0.829 bits per heavy atom. The lowest BCUT2D eigenvalue weighted by molar-refractivity contribution is -0.126. The first kappa shape index (κ1) is 40.4. The highest BCUT2D eigenvalue weighted by molar-refractivity contribution is 5.76. The molecule has 0 aliphatic carbocycles. The summed E-state index contributed by atoms with van der Waals surface area (Å²) in [4.78, 5) is 12.5. The minimum atomic E-state index is -1.08. The third-order valence-corrected chi connectivity index (χ3v) is 8.54. The van der Waals surface area contributed by atoms with Crippen LogP contribution in [0.5, 0.6) is 0 Å². The minimum absolute atomic E-state index is 0.101. The molecule has 0 bridgehead atoms. The van der Waals surface area contributed by atoms with Crippen LogP contribution in [0.3, 0.4) is 0 Å². The largest absolute Gasteiger partial charge is 0.394 e. The average Bonchev–Trinajstić information content (AvgIpc) is 2.98. The predicted octanol–water partition coefficient (Wildman–Crippen LogP) is 9.81. The van der Waals surface area contributed by atoms with Gasteiger partial charge in [0, 0.05) is 13.0 Å². The number of amides is 1. The van der Waals surface area contributed by atoms with Gasteiger partial charge in [-0.2, -0.15) is 0 Å². The smallest absolute Gasteiger partial charge is 0.220 e. The molecule has 5 nitrogen and oxygen atoms in total. The average molecular weight is 584 g/mol. The number of carbonyl (C=O) groups excluding carboxylic acids is 1. The quantitative estimate of drug-likeness (QED) is 0.0659. The zero-order chi connectivity index (χ0) is 30.1. The van der Waals surface area contributed by atoms with E-state index >= 15 is 0 Å². The Labute approximate surface area is 256 Å². The molecule has 0 unspecified atom stereocenters. The van der Waals surface area contributed by atoms with E-state index in [0.717, 1.165) is 25.7 Å². The van der Waals surface area contributed by atoms with E-state index in [0.29, 0.717) is 13.0 Å². The minimum Gasteiger partial charge on any atom is -0.394 e. The van der Waals surface area contributed by atoms with Gasteiger partial charge in [-0.15, -0.1) is 0 Å². The topological polar surface area (TPSA) is 78.8 Å². The van der Waals surface area contributed by atoms with Gasteiger partial charge in [0.05, 0.1) is 19.8 Å². The standard InChI is InChI=1S/C36H73NO4/c1-3-5-7-9-11-13-15-17-19-21-23-25-27-29-31-41-34-36(32-38,33-39)37-35(40)30-28-26-24-22-20-18-16-14-12-10-8-6-4-2/h38-39H,3-34H2,1-2H3,(H,37,40). The van der Waals surface area contributed by atoms with Crippen molar-refractivity contribution in [2.45, 2.75) is 199 Å². The van der Waals surface area contributed by atoms with Crippen molar-refractivity contribution in [1.82, 2.24) is 5.32 Å². The van der Waals surface area contributed by atoms with E-state index in [1.165, 1.54) is 148 Å². The van der Waals surface area contributed by atoms with Gasteiger partial charge in [0.15, 0.2) is 0 Å². The number of hydrogen-bond donors (Lipinski definition) is 3. The highest BCUT2D eigenvalue weighted by Gasteiger charge is 2.30. The fourth-order valence-electron chi connectivity index (χ4n) is 5.58. The molecule has 0 rings (SSSR count). The molecule has 0 atom stereocenters. The zero-order valence-electron chi connectivity index (χ0n) is 27.8. The number of carbonyl (C=O) groups is 1. The molecule has 5 heteroatoms. The van der Waals surface area contributed by atoms with Crippen molar-refractivity contribution in [2.24, 2.45) is 0 Å². The summed E-state index contributed by atoms with van der Waals surface area (Å²) in [5.74, 6) is -0.101. The molecule has 0 saturated heterocycles. The van der Waals surface area contributed by atoms with E-state index in [9.17, 15) is 15.0 Å². The number of aliphatic hydroxyl groups is 2. The van der Waals surface area contributed by atoms with Gasteiger partial charge in [-0.3, -0.25) is 4.79 Å². The molecule has 0 aromatic heterocycles. The summed E-state index contributed by atoms with van der Waals surface area (Å²) in [5, 5.41) is 22.6. The number of aliphatic hydroxyl groups excluding tert-OH is 2. The Morgan fingerprint density at radius 3 is 1.17 bits per heavy atom. The summed E-state index contributed by atoms with van der Waals surface area (Å²) in [6.07, 6.45) is 35.6. The summed E-state index contributed by atoms with van der Waals surface area (Å²) in [7, 11) is 0. The predicted molar refractivity (Wildman–Crippen MR) is 176 cm³/mol. The van der Waals surface area contributed by atoms with Crippen molar-refractivity contribution < 1.29 is 19.7 Å². The summed E-state index contributed by atoms with van der Waals surface area (Å²) in [6, 6.07) is 0. The SMILES string of the molecule is CCCCCCCCCCCCCCCCOCC(CO)(CO)NC(=O)CCCCCCCCCCCCCCC. The molecule has 0 aliphatic heterocycles. The lowest BCUT2D eigenvalue weighted by Gasteiger charge is -2.30. The molecule has 0 saturated carbocycles. The van der Waals surface area contributed by atoms with Gasteiger partial charge in [0.25, 0.3) is 0 Å². The maximum Gasteiger partial charge on any atom is 0.220 e. The van der Waals surface area contributed by atoms with Crippen LogP contribution in [0.4, 0.5) is 0 Å². The molecule has 0 radical (unpaired) electrons. The molecule has 0 heterocycles. The number of hydrogen-bond acceptors (Lipinski definition) is 4. The van der Waals surface area contributed by atoms with Crippen LogP contribution in [0.15, 0.2) is 0 Å². The van der Waals surface area contributed by atoms with Gasteiger partial charge in [-0.25, -0.2) is 0 Å². The Bertz CT molecular complexity index is 524. The maximum atomic E-state index is 12.5. The van der Waals surface area contributed by atoms with Gasteiger partial charge in [-0.05, 0) is 12.8 Å². The van der Waals surface area contributed by atoms with Crippen LogP contribution in [0.1, 0.15) is 194 Å². The molecule has 0 aromatic carbocycles. The zero-order valence-corrected chi connectivity index (χ0v) is 27.8. The summed E-state index contributed by atoms with van der Waals surface area (Å²) >= 11 is 0. The molecule has 0 aromatic rings. The fourth-order valence-corrected chi connectivity index (χ4v) is 5.58. The number of unbranched alkanes of at least 4 members (excludes halogenated alkanes) is 25. The highest BCUT2D eigenvalue weighted by atomic mass is 16.5. The van der Waals surface area contributed by atoms with Gasteiger partial charge < -0.3 is 20.3 Å². The van der Waals surface area contributed by atoms with Crippen LogP contribution in [0.25, 0.3) is 0 Å². The first-order valence-electron chi connectivity index (χ1n) is 18.2. The summed E-state index contributed by atoms with van der Waals surface area (Å²) < 4.78 is 5.78. The van der Waals surface area contributed by atoms with Crippen LogP contribution in [0, 0.1) is 0 Å².